The van der Waals surface area contributed by atoms with Crippen molar-refractivity contribution in [2.24, 2.45) is 0 Å². The molecule has 0 spiro atoms. The average Bonchev–Trinajstić information content (AvgIpc) is 2.59. The number of carbonyl (C=O) groups is 1. The molecular weight excluding hydrogens is 360 g/mol. The third kappa shape index (κ3) is 4.43. The quantitative estimate of drug-likeness (QED) is 0.598. The summed E-state index contributed by atoms with van der Waals surface area (Å²) >= 11 is 6.13. The minimum absolute atomic E-state index is 0.154. The molecule has 0 aliphatic heterocycles. The van der Waals surface area contributed by atoms with E-state index < -0.39 is 16.9 Å². The topological polar surface area (TPSA) is 90.7 Å². The van der Waals surface area contributed by atoms with Crippen LogP contribution < -0.4 is 14.8 Å². The Bertz CT molecular complexity index is 830. The lowest BCUT2D eigenvalue weighted by molar-refractivity contribution is -0.384. The van der Waals surface area contributed by atoms with Crippen molar-refractivity contribution in [3.63, 3.8) is 0 Å². The highest BCUT2D eigenvalue weighted by molar-refractivity contribution is 6.32. The van der Waals surface area contributed by atoms with Crippen LogP contribution in [0.25, 0.3) is 0 Å². The van der Waals surface area contributed by atoms with Gasteiger partial charge in [-0.1, -0.05) is 11.6 Å². The van der Waals surface area contributed by atoms with Crippen LogP contribution in [0.1, 0.15) is 18.1 Å². The highest BCUT2D eigenvalue weighted by Gasteiger charge is 2.19. The fourth-order valence-corrected chi connectivity index (χ4v) is 2.48. The first-order valence-electron chi connectivity index (χ1n) is 7.79. The number of carbonyl (C=O) groups excluding carboxylic acids is 1. The third-order valence-electron chi connectivity index (χ3n) is 3.74. The Hall–Kier alpha value is -2.80. The van der Waals surface area contributed by atoms with E-state index in [4.69, 9.17) is 21.1 Å². The zero-order valence-electron chi connectivity index (χ0n) is 14.8. The predicted molar refractivity (Wildman–Crippen MR) is 99.3 cm³/mol. The summed E-state index contributed by atoms with van der Waals surface area (Å²) in [4.78, 5) is 22.8. The van der Waals surface area contributed by atoms with Gasteiger partial charge in [0.05, 0.1) is 17.7 Å². The van der Waals surface area contributed by atoms with Crippen molar-refractivity contribution in [3.8, 4) is 11.5 Å². The van der Waals surface area contributed by atoms with Crippen molar-refractivity contribution in [2.45, 2.75) is 26.9 Å². The number of nitrogens with zero attached hydrogens (tertiary/aromatic N) is 1. The minimum atomic E-state index is -0.834. The maximum Gasteiger partial charge on any atom is 0.271 e. The summed E-state index contributed by atoms with van der Waals surface area (Å²) in [5, 5.41) is 14.2. The number of nitrogens with one attached hydrogen (secondary N) is 1. The van der Waals surface area contributed by atoms with Gasteiger partial charge >= 0.3 is 0 Å². The maximum absolute atomic E-state index is 12.4. The van der Waals surface area contributed by atoms with Gasteiger partial charge in [-0.25, -0.2) is 0 Å². The number of amides is 1. The number of methoxy groups -OCH3 is 1. The van der Waals surface area contributed by atoms with Gasteiger partial charge in [0.15, 0.2) is 6.10 Å². The fraction of sp³-hybridized carbons (Fsp3) is 0.278. The van der Waals surface area contributed by atoms with Gasteiger partial charge in [0.25, 0.3) is 11.6 Å². The molecule has 1 atom stereocenters. The second kappa shape index (κ2) is 8.05. The Kier molecular flexibility index (Phi) is 6.05. The molecule has 2 rings (SSSR count). The lowest BCUT2D eigenvalue weighted by Crippen LogP contribution is -2.30. The van der Waals surface area contributed by atoms with Gasteiger partial charge in [0.2, 0.25) is 0 Å². The summed E-state index contributed by atoms with van der Waals surface area (Å²) in [7, 11) is 1.41. The second-order valence-electron chi connectivity index (χ2n) is 5.76. The van der Waals surface area contributed by atoms with Crippen molar-refractivity contribution in [2.75, 3.05) is 12.4 Å². The number of hydrogen-bond acceptors (Lipinski definition) is 5. The molecule has 2 aromatic rings. The summed E-state index contributed by atoms with van der Waals surface area (Å²) in [5.74, 6) is 0.362. The smallest absolute Gasteiger partial charge is 0.271 e. The van der Waals surface area contributed by atoms with E-state index in [9.17, 15) is 14.9 Å². The summed E-state index contributed by atoms with van der Waals surface area (Å²) < 4.78 is 10.8. The van der Waals surface area contributed by atoms with Gasteiger partial charge in [-0.15, -0.1) is 0 Å². The number of aryl methyl sites for hydroxylation is 2. The number of ether oxygens (including phenoxy) is 2. The molecule has 0 fully saturated rings. The Morgan fingerprint density at radius 2 is 1.85 bits per heavy atom. The second-order valence-corrected chi connectivity index (χ2v) is 6.14. The monoisotopic (exact) mass is 378 g/mol. The van der Waals surface area contributed by atoms with Crippen LogP contribution >= 0.6 is 11.6 Å². The van der Waals surface area contributed by atoms with E-state index in [1.54, 1.807) is 19.1 Å². The molecule has 0 unspecified atom stereocenters. The van der Waals surface area contributed by atoms with Crippen molar-refractivity contribution in [1.82, 2.24) is 0 Å². The molecule has 0 aliphatic rings. The van der Waals surface area contributed by atoms with Crippen LogP contribution in [0.5, 0.6) is 11.5 Å². The number of benzene rings is 2. The molecule has 2 aromatic carbocycles. The standard InChI is InChI=1S/C18H19ClN2O5/c1-10-7-14(8-11(2)17(10)19)26-12(3)18(22)20-15-9-13(21(23)24)5-6-16(15)25-4/h5-9,12H,1-4H3,(H,20,22)/t12-/m0/s1. The van der Waals surface area contributed by atoms with Gasteiger partial charge in [0.1, 0.15) is 11.5 Å². The fourth-order valence-electron chi connectivity index (χ4n) is 2.37. The van der Waals surface area contributed by atoms with Gasteiger partial charge in [-0.2, -0.15) is 0 Å². The number of non-ortho nitro benzene ring substituents is 1. The summed E-state index contributed by atoms with van der Waals surface area (Å²) in [6.45, 7) is 5.28. The zero-order chi connectivity index (χ0) is 19.4. The predicted octanol–water partition coefficient (Wildman–Crippen LogP) is 4.28. The first-order chi connectivity index (χ1) is 12.2. The Morgan fingerprint density at radius 1 is 1.23 bits per heavy atom. The average molecular weight is 379 g/mol. The Morgan fingerprint density at radius 3 is 2.38 bits per heavy atom. The van der Waals surface area contributed by atoms with E-state index in [2.05, 4.69) is 5.32 Å². The molecule has 0 saturated carbocycles. The van der Waals surface area contributed by atoms with Crippen LogP contribution in [0.2, 0.25) is 5.02 Å². The lowest BCUT2D eigenvalue weighted by atomic mass is 10.1. The molecule has 1 amide bonds. The first kappa shape index (κ1) is 19.5. The van der Waals surface area contributed by atoms with E-state index in [-0.39, 0.29) is 11.4 Å². The van der Waals surface area contributed by atoms with Crippen LogP contribution in [-0.2, 0) is 4.79 Å². The summed E-state index contributed by atoms with van der Waals surface area (Å²) in [5.41, 5.74) is 1.73. The van der Waals surface area contributed by atoms with E-state index >= 15 is 0 Å². The summed E-state index contributed by atoms with van der Waals surface area (Å²) in [6, 6.07) is 7.44. The molecular formula is C18H19ClN2O5. The van der Waals surface area contributed by atoms with Gasteiger partial charge < -0.3 is 14.8 Å². The number of halogens is 1. The highest BCUT2D eigenvalue weighted by Crippen LogP contribution is 2.30. The zero-order valence-corrected chi connectivity index (χ0v) is 15.6. The van der Waals surface area contributed by atoms with E-state index in [1.807, 2.05) is 13.8 Å². The molecule has 26 heavy (non-hydrogen) atoms. The van der Waals surface area contributed by atoms with Crippen molar-refractivity contribution in [3.05, 3.63) is 56.6 Å². The third-order valence-corrected chi connectivity index (χ3v) is 4.34. The molecule has 8 heteroatoms. The van der Waals surface area contributed by atoms with E-state index in [1.165, 1.54) is 25.3 Å². The van der Waals surface area contributed by atoms with Gasteiger partial charge in [-0.3, -0.25) is 14.9 Å². The highest BCUT2D eigenvalue weighted by atomic mass is 35.5. The lowest BCUT2D eigenvalue weighted by Gasteiger charge is -2.17. The summed E-state index contributed by atoms with van der Waals surface area (Å²) in [6.07, 6.45) is -0.834. The minimum Gasteiger partial charge on any atom is -0.495 e. The normalized spacial score (nSPS) is 11.6. The maximum atomic E-state index is 12.4. The molecule has 0 bridgehead atoms. The largest absolute Gasteiger partial charge is 0.495 e. The van der Waals surface area contributed by atoms with Crippen LogP contribution in [0.15, 0.2) is 30.3 Å². The van der Waals surface area contributed by atoms with Crippen LogP contribution in [0.3, 0.4) is 0 Å². The number of hydrogen-bond donors (Lipinski definition) is 1. The molecule has 0 aromatic heterocycles. The number of rotatable bonds is 6. The Labute approximate surface area is 156 Å². The van der Waals surface area contributed by atoms with Crippen molar-refractivity contribution in [1.29, 1.82) is 0 Å². The molecule has 0 heterocycles. The molecule has 0 radical (unpaired) electrons. The van der Waals surface area contributed by atoms with Crippen molar-refractivity contribution >= 4 is 28.9 Å². The van der Waals surface area contributed by atoms with Gasteiger partial charge in [0, 0.05) is 17.2 Å². The molecule has 7 nitrogen and oxygen atoms in total. The molecule has 0 saturated heterocycles. The first-order valence-corrected chi connectivity index (χ1v) is 8.17. The molecule has 1 N–H and O–H groups in total. The van der Waals surface area contributed by atoms with Gasteiger partial charge in [-0.05, 0) is 50.1 Å². The van der Waals surface area contributed by atoms with E-state index in [0.29, 0.717) is 16.5 Å². The number of nitro benzene ring substituents is 1. The molecule has 0 aliphatic carbocycles. The van der Waals surface area contributed by atoms with Crippen LogP contribution in [-0.4, -0.2) is 24.0 Å². The number of anilines is 1. The molecule has 138 valence electrons. The number of nitro groups is 1. The van der Waals surface area contributed by atoms with Crippen LogP contribution in [0.4, 0.5) is 11.4 Å². The Balaban J connectivity index is 2.17. The SMILES string of the molecule is COc1ccc([N+](=O)[O-])cc1NC(=O)[C@H](C)Oc1cc(C)c(Cl)c(C)c1. The van der Waals surface area contributed by atoms with E-state index in [0.717, 1.165) is 11.1 Å². The van der Waals surface area contributed by atoms with Crippen LogP contribution in [0, 0.1) is 24.0 Å². The van der Waals surface area contributed by atoms with Crippen molar-refractivity contribution < 1.29 is 19.2 Å².